The molecule has 4 aromatic carbocycles. The largest absolute Gasteiger partial charge is 0.494 e. The number of hydrogen-bond acceptors (Lipinski definition) is 4. The molecule has 0 bridgehead atoms. The fourth-order valence-corrected chi connectivity index (χ4v) is 4.78. The van der Waals surface area contributed by atoms with Gasteiger partial charge in [0.1, 0.15) is 0 Å². The smallest absolute Gasteiger partial charge is 0.399 e. The van der Waals surface area contributed by atoms with Gasteiger partial charge in [-0.25, -0.2) is 9.97 Å². The highest BCUT2D eigenvalue weighted by molar-refractivity contribution is 6.62. The van der Waals surface area contributed by atoms with Crippen molar-refractivity contribution in [1.82, 2.24) is 9.97 Å². The molecule has 0 saturated carbocycles. The Morgan fingerprint density at radius 1 is 0.487 bits per heavy atom. The van der Waals surface area contributed by atoms with Gasteiger partial charge in [0.25, 0.3) is 0 Å². The van der Waals surface area contributed by atoms with Gasteiger partial charge in [-0.05, 0) is 56.4 Å². The average Bonchev–Trinajstić information content (AvgIpc) is 3.20. The molecule has 5 heteroatoms. The molecule has 4 nitrogen and oxygen atoms in total. The van der Waals surface area contributed by atoms with Crippen LogP contribution in [0, 0.1) is 0 Å². The van der Waals surface area contributed by atoms with Crippen LogP contribution in [0.2, 0.25) is 0 Å². The Morgan fingerprint density at radius 3 is 1.51 bits per heavy atom. The highest BCUT2D eigenvalue weighted by Gasteiger charge is 2.51. The summed E-state index contributed by atoms with van der Waals surface area (Å²) in [5.74, 6) is 0.689. The van der Waals surface area contributed by atoms with Gasteiger partial charge in [0.15, 0.2) is 5.82 Å². The second-order valence-electron chi connectivity index (χ2n) is 11.0. The molecule has 1 saturated heterocycles. The second kappa shape index (κ2) is 9.92. The average molecular weight is 510 g/mol. The molecule has 1 fully saturated rings. The van der Waals surface area contributed by atoms with Crippen molar-refractivity contribution in [1.29, 1.82) is 0 Å². The Kier molecular flexibility index (Phi) is 6.42. The van der Waals surface area contributed by atoms with Crippen molar-refractivity contribution in [2.45, 2.75) is 38.9 Å². The van der Waals surface area contributed by atoms with Crippen LogP contribution in [0.5, 0.6) is 0 Å². The molecule has 0 N–H and O–H groups in total. The minimum atomic E-state index is -0.485. The molecule has 0 spiro atoms. The first kappa shape index (κ1) is 25.2. The number of nitrogens with zero attached hydrogens (tertiary/aromatic N) is 2. The van der Waals surface area contributed by atoms with Crippen LogP contribution >= 0.6 is 0 Å². The van der Waals surface area contributed by atoms with Crippen LogP contribution in [0.3, 0.4) is 0 Å². The molecule has 1 aromatic heterocycles. The molecule has 192 valence electrons. The quantitative estimate of drug-likeness (QED) is 0.231. The van der Waals surface area contributed by atoms with Gasteiger partial charge < -0.3 is 9.31 Å². The van der Waals surface area contributed by atoms with E-state index in [2.05, 4.69) is 88.4 Å². The summed E-state index contributed by atoms with van der Waals surface area (Å²) in [6, 6.07) is 39.3. The lowest BCUT2D eigenvalue weighted by molar-refractivity contribution is 0.00578. The predicted octanol–water partition coefficient (Wildman–Crippen LogP) is 7.44. The summed E-state index contributed by atoms with van der Waals surface area (Å²) in [7, 11) is -0.485. The summed E-state index contributed by atoms with van der Waals surface area (Å²) in [6.07, 6.45) is 0. The third-order valence-corrected chi connectivity index (χ3v) is 7.71. The molecule has 0 radical (unpaired) electrons. The van der Waals surface area contributed by atoms with Crippen molar-refractivity contribution in [3.63, 3.8) is 0 Å². The van der Waals surface area contributed by atoms with E-state index in [9.17, 15) is 0 Å². The third-order valence-electron chi connectivity index (χ3n) is 7.71. The van der Waals surface area contributed by atoms with Crippen molar-refractivity contribution in [2.24, 2.45) is 0 Å². The van der Waals surface area contributed by atoms with E-state index in [1.807, 2.05) is 54.6 Å². The summed E-state index contributed by atoms with van der Waals surface area (Å²) in [4.78, 5) is 10.0. The van der Waals surface area contributed by atoms with Gasteiger partial charge in [0.05, 0.1) is 22.6 Å². The molecular formula is C34H31BN2O2. The number of rotatable bonds is 5. The Hall–Kier alpha value is -4.06. The molecule has 0 amide bonds. The SMILES string of the molecule is CC1(C)OB(c2cc(-c3ccccc3)cc(-c3cc(-c4ccccc4)nc(-c4ccccc4)n3)c2)OC1(C)C. The molecule has 0 unspecified atom stereocenters. The summed E-state index contributed by atoms with van der Waals surface area (Å²) in [5, 5.41) is 0. The fourth-order valence-electron chi connectivity index (χ4n) is 4.78. The van der Waals surface area contributed by atoms with Gasteiger partial charge >= 0.3 is 7.12 Å². The van der Waals surface area contributed by atoms with Crippen LogP contribution in [0.15, 0.2) is 115 Å². The van der Waals surface area contributed by atoms with Crippen LogP contribution in [0.25, 0.3) is 45.0 Å². The maximum absolute atomic E-state index is 6.46. The minimum absolute atomic E-state index is 0.434. The Balaban J connectivity index is 1.54. The van der Waals surface area contributed by atoms with Crippen molar-refractivity contribution in [3.05, 3.63) is 115 Å². The first-order valence-electron chi connectivity index (χ1n) is 13.4. The van der Waals surface area contributed by atoms with Crippen molar-refractivity contribution in [3.8, 4) is 45.0 Å². The van der Waals surface area contributed by atoms with Gasteiger partial charge in [-0.15, -0.1) is 0 Å². The Labute approximate surface area is 230 Å². The first-order chi connectivity index (χ1) is 18.8. The van der Waals surface area contributed by atoms with E-state index in [-0.39, 0.29) is 0 Å². The van der Waals surface area contributed by atoms with Crippen LogP contribution < -0.4 is 5.46 Å². The zero-order chi connectivity index (χ0) is 27.0. The summed E-state index contributed by atoms with van der Waals surface area (Å²) in [5.41, 5.74) is 7.03. The molecule has 0 aliphatic carbocycles. The topological polar surface area (TPSA) is 44.2 Å². The van der Waals surface area contributed by atoms with E-state index in [0.29, 0.717) is 5.82 Å². The zero-order valence-corrected chi connectivity index (χ0v) is 22.8. The van der Waals surface area contributed by atoms with Crippen molar-refractivity contribution in [2.75, 3.05) is 0 Å². The zero-order valence-electron chi connectivity index (χ0n) is 22.8. The molecular weight excluding hydrogens is 479 g/mol. The van der Waals surface area contributed by atoms with Crippen LogP contribution in [-0.4, -0.2) is 28.3 Å². The molecule has 6 rings (SSSR count). The van der Waals surface area contributed by atoms with E-state index in [1.165, 1.54) is 0 Å². The highest BCUT2D eigenvalue weighted by Crippen LogP contribution is 2.37. The monoisotopic (exact) mass is 510 g/mol. The van der Waals surface area contributed by atoms with E-state index in [4.69, 9.17) is 19.3 Å². The Morgan fingerprint density at radius 2 is 0.949 bits per heavy atom. The minimum Gasteiger partial charge on any atom is -0.399 e. The standard InChI is InChI=1S/C34H31BN2O2/c1-33(2)34(3,4)39-35(38-33)29-21-27(24-14-8-5-9-15-24)20-28(22-29)31-23-30(25-16-10-6-11-17-25)36-32(37-31)26-18-12-7-13-19-26/h5-23H,1-4H3. The number of benzene rings is 4. The van der Waals surface area contributed by atoms with Crippen LogP contribution in [-0.2, 0) is 9.31 Å². The van der Waals surface area contributed by atoms with Gasteiger partial charge in [0.2, 0.25) is 0 Å². The van der Waals surface area contributed by atoms with Gasteiger partial charge in [-0.2, -0.15) is 0 Å². The summed E-state index contributed by atoms with van der Waals surface area (Å²) < 4.78 is 12.9. The fraction of sp³-hybridized carbons (Fsp3) is 0.176. The lowest BCUT2D eigenvalue weighted by Gasteiger charge is -2.32. The second-order valence-corrected chi connectivity index (χ2v) is 11.0. The molecule has 5 aromatic rings. The van der Waals surface area contributed by atoms with Crippen LogP contribution in [0.1, 0.15) is 27.7 Å². The highest BCUT2D eigenvalue weighted by atomic mass is 16.7. The van der Waals surface area contributed by atoms with Gasteiger partial charge in [0, 0.05) is 16.7 Å². The van der Waals surface area contributed by atoms with Crippen LogP contribution in [0.4, 0.5) is 0 Å². The Bertz CT molecular complexity index is 1530. The normalized spacial score (nSPS) is 15.8. The van der Waals surface area contributed by atoms with Crippen molar-refractivity contribution >= 4 is 12.6 Å². The van der Waals surface area contributed by atoms with Gasteiger partial charge in [-0.3, -0.25) is 0 Å². The van der Waals surface area contributed by atoms with Gasteiger partial charge in [-0.1, -0.05) is 103 Å². The predicted molar refractivity (Wildman–Crippen MR) is 159 cm³/mol. The van der Waals surface area contributed by atoms with Crippen molar-refractivity contribution < 1.29 is 9.31 Å². The van der Waals surface area contributed by atoms with E-state index < -0.39 is 18.3 Å². The maximum atomic E-state index is 6.46. The van der Waals surface area contributed by atoms with E-state index in [1.54, 1.807) is 0 Å². The lowest BCUT2D eigenvalue weighted by Crippen LogP contribution is -2.41. The molecule has 39 heavy (non-hydrogen) atoms. The first-order valence-corrected chi connectivity index (χ1v) is 13.4. The number of hydrogen-bond donors (Lipinski definition) is 0. The number of aromatic nitrogens is 2. The lowest BCUT2D eigenvalue weighted by atomic mass is 9.76. The molecule has 1 aliphatic rings. The molecule has 1 aliphatic heterocycles. The molecule has 0 atom stereocenters. The maximum Gasteiger partial charge on any atom is 0.494 e. The molecule has 2 heterocycles. The summed E-state index contributed by atoms with van der Waals surface area (Å²) >= 11 is 0. The van der Waals surface area contributed by atoms with E-state index >= 15 is 0 Å². The summed E-state index contributed by atoms with van der Waals surface area (Å²) in [6.45, 7) is 8.32. The van der Waals surface area contributed by atoms with E-state index in [0.717, 1.165) is 44.7 Å². The third kappa shape index (κ3) is 5.03.